The summed E-state index contributed by atoms with van der Waals surface area (Å²) in [6.07, 6.45) is 0. The van der Waals surface area contributed by atoms with Crippen LogP contribution in [-0.4, -0.2) is 13.2 Å². The Bertz CT molecular complexity index is 554. The van der Waals surface area contributed by atoms with Crippen LogP contribution < -0.4 is 10.1 Å². The first-order chi connectivity index (χ1) is 9.15. The number of halogens is 1. The van der Waals surface area contributed by atoms with E-state index in [0.29, 0.717) is 18.9 Å². The third kappa shape index (κ3) is 3.98. The van der Waals surface area contributed by atoms with Gasteiger partial charge in [0.15, 0.2) is 0 Å². The Labute approximate surface area is 113 Å². The third-order valence-corrected chi connectivity index (χ3v) is 2.86. The van der Waals surface area contributed by atoms with Crippen molar-refractivity contribution >= 4 is 5.69 Å². The normalized spacial score (nSPS) is 10.3. The fourth-order valence-electron chi connectivity index (χ4n) is 1.84. The lowest BCUT2D eigenvalue weighted by molar-refractivity contribution is 0.328. The molecule has 0 unspecified atom stereocenters. The van der Waals surface area contributed by atoms with Gasteiger partial charge in [-0.3, -0.25) is 0 Å². The maximum Gasteiger partial charge on any atom is 0.126 e. The smallest absolute Gasteiger partial charge is 0.126 e. The summed E-state index contributed by atoms with van der Waals surface area (Å²) in [5.41, 5.74) is 3.23. The van der Waals surface area contributed by atoms with Crippen molar-refractivity contribution < 1.29 is 9.13 Å². The molecule has 2 nitrogen and oxygen atoms in total. The molecule has 0 aliphatic heterocycles. The molecule has 2 rings (SSSR count). The van der Waals surface area contributed by atoms with Crippen LogP contribution in [0.15, 0.2) is 42.5 Å². The van der Waals surface area contributed by atoms with Crippen LogP contribution in [0.2, 0.25) is 0 Å². The second kappa shape index (κ2) is 6.23. The zero-order valence-electron chi connectivity index (χ0n) is 11.2. The van der Waals surface area contributed by atoms with E-state index in [1.54, 1.807) is 6.07 Å². The molecule has 19 heavy (non-hydrogen) atoms. The average Bonchev–Trinajstić information content (AvgIpc) is 2.39. The highest BCUT2D eigenvalue weighted by Gasteiger charge is 2.01. The molecule has 2 aromatic rings. The van der Waals surface area contributed by atoms with Crippen LogP contribution in [0.1, 0.15) is 11.1 Å². The highest BCUT2D eigenvalue weighted by molar-refractivity contribution is 5.45. The SMILES string of the molecule is Cc1cccc(NCCOc2cc(F)ccc2C)c1. The van der Waals surface area contributed by atoms with Crippen molar-refractivity contribution in [3.8, 4) is 5.75 Å². The van der Waals surface area contributed by atoms with E-state index in [4.69, 9.17) is 4.74 Å². The van der Waals surface area contributed by atoms with Crippen LogP contribution in [0.4, 0.5) is 10.1 Å². The highest BCUT2D eigenvalue weighted by Crippen LogP contribution is 2.18. The van der Waals surface area contributed by atoms with Crippen LogP contribution >= 0.6 is 0 Å². The number of nitrogens with one attached hydrogen (secondary N) is 1. The molecular weight excluding hydrogens is 241 g/mol. The minimum absolute atomic E-state index is 0.271. The lowest BCUT2D eigenvalue weighted by atomic mass is 10.2. The fraction of sp³-hybridized carbons (Fsp3) is 0.250. The summed E-state index contributed by atoms with van der Waals surface area (Å²) in [7, 11) is 0. The number of aryl methyl sites for hydroxylation is 2. The highest BCUT2D eigenvalue weighted by atomic mass is 19.1. The molecule has 2 aromatic carbocycles. The summed E-state index contributed by atoms with van der Waals surface area (Å²) in [4.78, 5) is 0. The van der Waals surface area contributed by atoms with E-state index < -0.39 is 0 Å². The molecule has 0 amide bonds. The topological polar surface area (TPSA) is 21.3 Å². The summed E-state index contributed by atoms with van der Waals surface area (Å²) in [5, 5.41) is 3.27. The van der Waals surface area contributed by atoms with Gasteiger partial charge in [-0.05, 0) is 43.2 Å². The lowest BCUT2D eigenvalue weighted by Crippen LogP contribution is -2.12. The van der Waals surface area contributed by atoms with Gasteiger partial charge in [-0.25, -0.2) is 4.39 Å². The molecule has 0 heterocycles. The quantitative estimate of drug-likeness (QED) is 0.821. The second-order valence-electron chi connectivity index (χ2n) is 4.55. The molecule has 0 aliphatic carbocycles. The van der Waals surface area contributed by atoms with Crippen molar-refractivity contribution in [3.05, 3.63) is 59.4 Å². The molecule has 0 saturated heterocycles. The number of hydrogen-bond acceptors (Lipinski definition) is 2. The second-order valence-corrected chi connectivity index (χ2v) is 4.55. The molecule has 100 valence electrons. The van der Waals surface area contributed by atoms with E-state index in [9.17, 15) is 4.39 Å². The van der Waals surface area contributed by atoms with E-state index in [-0.39, 0.29) is 5.82 Å². The van der Waals surface area contributed by atoms with Crippen molar-refractivity contribution in [2.75, 3.05) is 18.5 Å². The van der Waals surface area contributed by atoms with Crippen LogP contribution in [0.5, 0.6) is 5.75 Å². The van der Waals surface area contributed by atoms with E-state index >= 15 is 0 Å². The van der Waals surface area contributed by atoms with Gasteiger partial charge in [-0.1, -0.05) is 18.2 Å². The average molecular weight is 259 g/mol. The van der Waals surface area contributed by atoms with Gasteiger partial charge in [0.25, 0.3) is 0 Å². The van der Waals surface area contributed by atoms with Gasteiger partial charge in [0.1, 0.15) is 18.2 Å². The van der Waals surface area contributed by atoms with Crippen LogP contribution in [-0.2, 0) is 0 Å². The van der Waals surface area contributed by atoms with Gasteiger partial charge in [-0.15, -0.1) is 0 Å². The van der Waals surface area contributed by atoms with Crippen LogP contribution in [0.3, 0.4) is 0 Å². The lowest BCUT2D eigenvalue weighted by Gasteiger charge is -2.11. The molecular formula is C16H18FNO. The zero-order chi connectivity index (χ0) is 13.7. The van der Waals surface area contributed by atoms with Crippen LogP contribution in [0.25, 0.3) is 0 Å². The third-order valence-electron chi connectivity index (χ3n) is 2.86. The Morgan fingerprint density at radius 3 is 2.74 bits per heavy atom. The summed E-state index contributed by atoms with van der Waals surface area (Å²) < 4.78 is 18.6. The number of benzene rings is 2. The van der Waals surface area contributed by atoms with Crippen LogP contribution in [0, 0.1) is 19.7 Å². The Morgan fingerprint density at radius 1 is 1.11 bits per heavy atom. The Balaban J connectivity index is 1.82. The minimum Gasteiger partial charge on any atom is -0.491 e. The molecule has 1 N–H and O–H groups in total. The van der Waals surface area contributed by atoms with Gasteiger partial charge in [-0.2, -0.15) is 0 Å². The number of rotatable bonds is 5. The molecule has 0 saturated carbocycles. The Hall–Kier alpha value is -2.03. The van der Waals surface area contributed by atoms with Gasteiger partial charge in [0, 0.05) is 18.3 Å². The first kappa shape index (κ1) is 13.4. The molecule has 0 bridgehead atoms. The maximum atomic E-state index is 13.1. The van der Waals surface area contributed by atoms with E-state index in [1.165, 1.54) is 17.7 Å². The van der Waals surface area contributed by atoms with Crippen molar-refractivity contribution in [1.29, 1.82) is 0 Å². The van der Waals surface area contributed by atoms with E-state index in [1.807, 2.05) is 19.1 Å². The summed E-state index contributed by atoms with van der Waals surface area (Å²) in [5.74, 6) is 0.332. The van der Waals surface area contributed by atoms with Crippen molar-refractivity contribution in [3.63, 3.8) is 0 Å². The van der Waals surface area contributed by atoms with Gasteiger partial charge < -0.3 is 10.1 Å². The summed E-state index contributed by atoms with van der Waals surface area (Å²) >= 11 is 0. The number of ether oxygens (including phenoxy) is 1. The minimum atomic E-state index is -0.271. The molecule has 0 aromatic heterocycles. The largest absolute Gasteiger partial charge is 0.491 e. The number of hydrogen-bond donors (Lipinski definition) is 1. The van der Waals surface area contributed by atoms with Crippen molar-refractivity contribution in [2.45, 2.75) is 13.8 Å². The number of anilines is 1. The van der Waals surface area contributed by atoms with Crippen molar-refractivity contribution in [2.24, 2.45) is 0 Å². The molecule has 0 radical (unpaired) electrons. The predicted molar refractivity (Wildman–Crippen MR) is 76.3 cm³/mol. The monoisotopic (exact) mass is 259 g/mol. The van der Waals surface area contributed by atoms with Gasteiger partial charge in [0.2, 0.25) is 0 Å². The van der Waals surface area contributed by atoms with Gasteiger partial charge >= 0.3 is 0 Å². The zero-order valence-corrected chi connectivity index (χ0v) is 11.2. The molecule has 3 heteroatoms. The first-order valence-corrected chi connectivity index (χ1v) is 6.34. The van der Waals surface area contributed by atoms with E-state index in [2.05, 4.69) is 24.4 Å². The summed E-state index contributed by atoms with van der Waals surface area (Å²) in [6, 6.07) is 12.7. The Kier molecular flexibility index (Phi) is 4.39. The molecule has 0 spiro atoms. The first-order valence-electron chi connectivity index (χ1n) is 6.34. The predicted octanol–water partition coefficient (Wildman–Crippen LogP) is 3.93. The Morgan fingerprint density at radius 2 is 1.95 bits per heavy atom. The molecule has 0 fully saturated rings. The fourth-order valence-corrected chi connectivity index (χ4v) is 1.84. The molecule has 0 atom stereocenters. The van der Waals surface area contributed by atoms with Gasteiger partial charge in [0.05, 0.1) is 0 Å². The van der Waals surface area contributed by atoms with E-state index in [0.717, 1.165) is 11.3 Å². The summed E-state index contributed by atoms with van der Waals surface area (Å²) in [6.45, 7) is 5.14. The molecule has 0 aliphatic rings. The standard InChI is InChI=1S/C16H18FNO/c1-12-4-3-5-15(10-12)18-8-9-19-16-11-14(17)7-6-13(16)2/h3-7,10-11,18H,8-9H2,1-2H3. The maximum absolute atomic E-state index is 13.1. The van der Waals surface area contributed by atoms with Crippen molar-refractivity contribution in [1.82, 2.24) is 0 Å².